The summed E-state index contributed by atoms with van der Waals surface area (Å²) in [5.74, 6) is 1.44. The largest absolute Gasteiger partial charge is 0.328 e. The van der Waals surface area contributed by atoms with Gasteiger partial charge in [-0.25, -0.2) is 4.98 Å². The van der Waals surface area contributed by atoms with Gasteiger partial charge in [-0.05, 0) is 37.1 Å². The molecular formula is C34H49N3O. The minimum Gasteiger partial charge on any atom is -0.328 e. The van der Waals surface area contributed by atoms with Crippen LogP contribution in [0.15, 0.2) is 48.5 Å². The van der Waals surface area contributed by atoms with E-state index in [1.807, 2.05) is 17.0 Å². The van der Waals surface area contributed by atoms with E-state index in [0.29, 0.717) is 13.0 Å². The minimum absolute atomic E-state index is 0.140. The molecule has 2 aromatic carbocycles. The molecule has 4 heteroatoms. The normalized spacial score (nSPS) is 15.7. The Morgan fingerprint density at radius 2 is 1.34 bits per heavy atom. The maximum atomic E-state index is 13.0. The van der Waals surface area contributed by atoms with Crippen LogP contribution in [0.25, 0.3) is 11.0 Å². The quantitative estimate of drug-likeness (QED) is 0.168. The van der Waals surface area contributed by atoms with Crippen molar-refractivity contribution in [3.05, 3.63) is 59.9 Å². The zero-order chi connectivity index (χ0) is 26.6. The predicted octanol–water partition coefficient (Wildman–Crippen LogP) is 9.35. The lowest BCUT2D eigenvalue weighted by atomic mass is 10.0. The Hall–Kier alpha value is -2.62. The molecule has 38 heavy (non-hydrogen) atoms. The SMILES string of the molecule is CCCCCCCCCCCCCCCCn1c([C@H]2CC(=O)N(c3ccccc3C)C2)nc2ccccc21. The number of amides is 1. The Labute approximate surface area is 230 Å². The summed E-state index contributed by atoms with van der Waals surface area (Å²) in [6, 6.07) is 16.7. The average molecular weight is 516 g/mol. The van der Waals surface area contributed by atoms with E-state index in [2.05, 4.69) is 54.8 Å². The fourth-order valence-corrected chi connectivity index (χ4v) is 6.08. The first-order chi connectivity index (χ1) is 18.7. The number of hydrogen-bond donors (Lipinski definition) is 0. The molecule has 1 fully saturated rings. The van der Waals surface area contributed by atoms with Gasteiger partial charge in [0, 0.05) is 31.1 Å². The van der Waals surface area contributed by atoms with Crippen molar-refractivity contribution < 1.29 is 4.79 Å². The minimum atomic E-state index is 0.140. The van der Waals surface area contributed by atoms with Crippen molar-refractivity contribution in [1.29, 1.82) is 0 Å². The van der Waals surface area contributed by atoms with E-state index in [-0.39, 0.29) is 11.8 Å². The summed E-state index contributed by atoms with van der Waals surface area (Å²) >= 11 is 0. The number of aromatic nitrogens is 2. The number of carbonyl (C=O) groups is 1. The fourth-order valence-electron chi connectivity index (χ4n) is 6.08. The Kier molecular flexibility index (Phi) is 11.3. The van der Waals surface area contributed by atoms with Crippen LogP contribution < -0.4 is 4.90 Å². The first-order valence-corrected chi connectivity index (χ1v) is 15.5. The van der Waals surface area contributed by atoms with Gasteiger partial charge in [0.15, 0.2) is 0 Å². The monoisotopic (exact) mass is 515 g/mol. The number of benzene rings is 2. The van der Waals surface area contributed by atoms with Crippen molar-refractivity contribution in [2.75, 3.05) is 11.4 Å². The number of fused-ring (bicyclic) bond motifs is 1. The highest BCUT2D eigenvalue weighted by Crippen LogP contribution is 2.34. The summed E-state index contributed by atoms with van der Waals surface area (Å²) in [5, 5.41) is 0. The van der Waals surface area contributed by atoms with Crippen LogP contribution >= 0.6 is 0 Å². The second-order valence-electron chi connectivity index (χ2n) is 11.4. The number of aryl methyl sites for hydroxylation is 2. The molecule has 206 valence electrons. The van der Waals surface area contributed by atoms with E-state index in [1.165, 1.54) is 95.4 Å². The molecule has 1 aromatic heterocycles. The molecule has 2 heterocycles. The van der Waals surface area contributed by atoms with Crippen LogP contribution in [0.4, 0.5) is 5.69 Å². The molecule has 4 nitrogen and oxygen atoms in total. The Morgan fingerprint density at radius 1 is 0.763 bits per heavy atom. The summed E-state index contributed by atoms with van der Waals surface area (Å²) in [7, 11) is 0. The summed E-state index contributed by atoms with van der Waals surface area (Å²) in [4.78, 5) is 20.0. The number of imidazole rings is 1. The lowest BCUT2D eigenvalue weighted by Gasteiger charge is -2.19. The van der Waals surface area contributed by atoms with Crippen LogP contribution in [0.5, 0.6) is 0 Å². The molecule has 0 bridgehead atoms. The Balaban J connectivity index is 1.23. The van der Waals surface area contributed by atoms with Crippen molar-refractivity contribution in [1.82, 2.24) is 9.55 Å². The van der Waals surface area contributed by atoms with Crippen molar-refractivity contribution in [3.8, 4) is 0 Å². The third-order valence-electron chi connectivity index (χ3n) is 8.32. The molecule has 1 aliphatic rings. The van der Waals surface area contributed by atoms with Gasteiger partial charge in [-0.3, -0.25) is 4.79 Å². The molecule has 3 aromatic rings. The van der Waals surface area contributed by atoms with Crippen LogP contribution in [0, 0.1) is 6.92 Å². The third kappa shape index (κ3) is 7.71. The van der Waals surface area contributed by atoms with Gasteiger partial charge in [-0.1, -0.05) is 121 Å². The highest BCUT2D eigenvalue weighted by Gasteiger charge is 2.35. The van der Waals surface area contributed by atoms with Crippen molar-refractivity contribution in [2.45, 2.75) is 123 Å². The maximum absolute atomic E-state index is 13.0. The van der Waals surface area contributed by atoms with Gasteiger partial charge in [0.05, 0.1) is 11.0 Å². The summed E-state index contributed by atoms with van der Waals surface area (Å²) < 4.78 is 2.41. The van der Waals surface area contributed by atoms with Crippen molar-refractivity contribution in [3.63, 3.8) is 0 Å². The van der Waals surface area contributed by atoms with E-state index in [9.17, 15) is 4.79 Å². The van der Waals surface area contributed by atoms with Gasteiger partial charge < -0.3 is 9.47 Å². The van der Waals surface area contributed by atoms with Crippen LogP contribution in [0.1, 0.15) is 121 Å². The van der Waals surface area contributed by atoms with Gasteiger partial charge in [0.2, 0.25) is 5.91 Å². The highest BCUT2D eigenvalue weighted by molar-refractivity contribution is 5.97. The summed E-state index contributed by atoms with van der Waals surface area (Å²) in [6.45, 7) is 6.08. The third-order valence-corrected chi connectivity index (χ3v) is 8.32. The summed E-state index contributed by atoms with van der Waals surface area (Å²) in [5.41, 5.74) is 4.45. The van der Waals surface area contributed by atoms with Gasteiger partial charge in [-0.2, -0.15) is 0 Å². The van der Waals surface area contributed by atoms with Crippen molar-refractivity contribution in [2.24, 2.45) is 0 Å². The zero-order valence-electron chi connectivity index (χ0n) is 24.0. The number of para-hydroxylation sites is 3. The van der Waals surface area contributed by atoms with Crippen LogP contribution in [0.2, 0.25) is 0 Å². The van der Waals surface area contributed by atoms with Gasteiger partial charge in [0.25, 0.3) is 0 Å². The number of carbonyl (C=O) groups excluding carboxylic acids is 1. The lowest BCUT2D eigenvalue weighted by molar-refractivity contribution is -0.117. The lowest BCUT2D eigenvalue weighted by Crippen LogP contribution is -2.25. The second kappa shape index (κ2) is 15.1. The molecule has 0 spiro atoms. The average Bonchev–Trinajstić information content (AvgIpc) is 3.49. The number of nitrogens with zero attached hydrogens (tertiary/aromatic N) is 3. The number of unbranched alkanes of at least 4 members (excludes halogenated alkanes) is 13. The standard InChI is InChI=1S/C34H49N3O/c1-3-4-5-6-7-8-9-10-11-12-13-14-15-20-25-36-32-24-19-17-22-30(32)35-34(36)29-26-33(38)37(27-29)31-23-18-16-21-28(31)2/h16-19,21-24,29H,3-15,20,25-27H2,1-2H3/t29-/m0/s1. The first kappa shape index (κ1) is 28.4. The summed E-state index contributed by atoms with van der Waals surface area (Å²) in [6.07, 6.45) is 19.8. The van der Waals surface area contributed by atoms with Gasteiger partial charge in [0.1, 0.15) is 5.82 Å². The Morgan fingerprint density at radius 3 is 2.00 bits per heavy atom. The molecule has 1 aliphatic heterocycles. The molecule has 4 rings (SSSR count). The molecule has 1 amide bonds. The van der Waals surface area contributed by atoms with Gasteiger partial charge in [-0.15, -0.1) is 0 Å². The Bertz CT molecular complexity index is 1130. The molecule has 0 aliphatic carbocycles. The van der Waals surface area contributed by atoms with E-state index in [0.717, 1.165) is 29.1 Å². The molecular weight excluding hydrogens is 466 g/mol. The zero-order valence-corrected chi connectivity index (χ0v) is 24.0. The number of rotatable bonds is 17. The van der Waals surface area contributed by atoms with E-state index >= 15 is 0 Å². The predicted molar refractivity (Wildman–Crippen MR) is 161 cm³/mol. The smallest absolute Gasteiger partial charge is 0.227 e. The maximum Gasteiger partial charge on any atom is 0.227 e. The van der Waals surface area contributed by atoms with E-state index in [1.54, 1.807) is 0 Å². The molecule has 0 saturated carbocycles. The second-order valence-corrected chi connectivity index (χ2v) is 11.4. The fraction of sp³-hybridized carbons (Fsp3) is 0.588. The van der Waals surface area contributed by atoms with Crippen LogP contribution in [-0.4, -0.2) is 22.0 Å². The van der Waals surface area contributed by atoms with Gasteiger partial charge >= 0.3 is 0 Å². The first-order valence-electron chi connectivity index (χ1n) is 15.5. The highest BCUT2D eigenvalue weighted by atomic mass is 16.2. The van der Waals surface area contributed by atoms with E-state index < -0.39 is 0 Å². The molecule has 0 unspecified atom stereocenters. The number of anilines is 1. The molecule has 0 N–H and O–H groups in total. The van der Waals surface area contributed by atoms with Crippen molar-refractivity contribution >= 4 is 22.6 Å². The van der Waals surface area contributed by atoms with E-state index in [4.69, 9.17) is 4.98 Å². The topological polar surface area (TPSA) is 38.1 Å². The number of hydrogen-bond acceptors (Lipinski definition) is 2. The molecule has 0 radical (unpaired) electrons. The molecule has 1 saturated heterocycles. The van der Waals surface area contributed by atoms with Crippen LogP contribution in [0.3, 0.4) is 0 Å². The molecule has 1 atom stereocenters. The van der Waals surface area contributed by atoms with Crippen LogP contribution in [-0.2, 0) is 11.3 Å².